The number of hydrogen-bond donors (Lipinski definition) is 2. The highest BCUT2D eigenvalue weighted by Crippen LogP contribution is 2.22. The minimum absolute atomic E-state index is 0.207. The van der Waals surface area contributed by atoms with Crippen LogP contribution < -0.4 is 5.73 Å². The number of nitrogens with two attached hydrogens (primary N) is 1. The number of carbonyl (C=O) groups is 1. The van der Waals surface area contributed by atoms with Crippen LogP contribution in [-0.2, 0) is 4.74 Å². The maximum atomic E-state index is 12.2. The predicted octanol–water partition coefficient (Wildman–Crippen LogP) is 0.277. The quantitative estimate of drug-likeness (QED) is 0.819. The molecule has 0 aromatic carbocycles. The summed E-state index contributed by atoms with van der Waals surface area (Å²) in [6.45, 7) is 1.31. The third-order valence-corrected chi connectivity index (χ3v) is 3.37. The zero-order valence-electron chi connectivity index (χ0n) is 11.0. The number of ether oxygens (including phenoxy) is 1. The van der Waals surface area contributed by atoms with Gasteiger partial charge in [0, 0.05) is 45.8 Å². The second-order valence-corrected chi connectivity index (χ2v) is 4.93. The molecule has 19 heavy (non-hydrogen) atoms. The second kappa shape index (κ2) is 5.54. The van der Waals surface area contributed by atoms with E-state index in [2.05, 4.69) is 4.98 Å². The topological polar surface area (TPSA) is 88.7 Å². The maximum Gasteiger partial charge on any atom is 0.257 e. The average molecular weight is 265 g/mol. The smallest absolute Gasteiger partial charge is 0.257 e. The Bertz CT molecular complexity index is 458. The summed E-state index contributed by atoms with van der Waals surface area (Å²) in [6, 6.07) is 3.30. The van der Waals surface area contributed by atoms with Crippen molar-refractivity contribution in [1.29, 1.82) is 0 Å². The molecule has 6 heteroatoms. The van der Waals surface area contributed by atoms with E-state index in [-0.39, 0.29) is 18.3 Å². The van der Waals surface area contributed by atoms with Gasteiger partial charge in [-0.05, 0) is 12.1 Å². The van der Waals surface area contributed by atoms with Gasteiger partial charge >= 0.3 is 0 Å². The number of rotatable bonds is 3. The average Bonchev–Trinajstić information content (AvgIpc) is 2.39. The normalized spacial score (nSPS) is 18.0. The van der Waals surface area contributed by atoms with Gasteiger partial charge < -0.3 is 20.5 Å². The lowest BCUT2D eigenvalue weighted by molar-refractivity contribution is -0.0734. The highest BCUT2D eigenvalue weighted by Gasteiger charge is 2.32. The van der Waals surface area contributed by atoms with Crippen molar-refractivity contribution in [1.82, 2.24) is 9.88 Å². The minimum Gasteiger partial charge on any atom is -0.388 e. The molecule has 1 aromatic heterocycles. The Kier molecular flexibility index (Phi) is 4.01. The van der Waals surface area contributed by atoms with Crippen LogP contribution in [-0.4, -0.2) is 53.3 Å². The van der Waals surface area contributed by atoms with Crippen molar-refractivity contribution in [2.24, 2.45) is 0 Å². The first-order valence-corrected chi connectivity index (χ1v) is 6.28. The van der Waals surface area contributed by atoms with E-state index in [0.29, 0.717) is 31.6 Å². The second-order valence-electron chi connectivity index (χ2n) is 4.93. The minimum atomic E-state index is -0.875. The zero-order valence-corrected chi connectivity index (χ0v) is 11.0. The van der Waals surface area contributed by atoms with E-state index in [1.54, 1.807) is 19.2 Å². The van der Waals surface area contributed by atoms with Gasteiger partial charge in [0.05, 0.1) is 11.2 Å². The van der Waals surface area contributed by atoms with E-state index in [1.807, 2.05) is 0 Å². The van der Waals surface area contributed by atoms with Crippen LogP contribution in [0.15, 0.2) is 18.3 Å². The molecule has 0 unspecified atom stereocenters. The number of nitrogens with zero attached hydrogens (tertiary/aromatic N) is 2. The Hall–Kier alpha value is -1.66. The van der Waals surface area contributed by atoms with Gasteiger partial charge in [-0.3, -0.25) is 4.79 Å². The summed E-state index contributed by atoms with van der Waals surface area (Å²) in [5.41, 5.74) is 5.17. The van der Waals surface area contributed by atoms with Crippen LogP contribution in [0.1, 0.15) is 23.2 Å². The number of anilines is 1. The van der Waals surface area contributed by atoms with E-state index in [4.69, 9.17) is 10.5 Å². The molecule has 1 amide bonds. The fraction of sp³-hybridized carbons (Fsp3) is 0.538. The molecule has 0 atom stereocenters. The molecule has 1 saturated heterocycles. The van der Waals surface area contributed by atoms with Crippen molar-refractivity contribution >= 4 is 11.7 Å². The molecule has 1 aliphatic rings. The summed E-state index contributed by atoms with van der Waals surface area (Å²) in [7, 11) is 1.65. The van der Waals surface area contributed by atoms with E-state index in [0.717, 1.165) is 0 Å². The number of likely N-dealkylation sites (N-methyl/N-ethyl adjacent to an activating group) is 1. The molecule has 104 valence electrons. The van der Waals surface area contributed by atoms with Gasteiger partial charge in [0.25, 0.3) is 5.91 Å². The number of nitrogen functional groups attached to an aromatic ring is 1. The molecular formula is C13H19N3O3. The number of carbonyl (C=O) groups excluding carboxylic acids is 1. The van der Waals surface area contributed by atoms with Gasteiger partial charge in [-0.1, -0.05) is 0 Å². The molecule has 0 spiro atoms. The molecule has 0 aliphatic carbocycles. The molecule has 3 N–H and O–H groups in total. The van der Waals surface area contributed by atoms with Gasteiger partial charge in [0.1, 0.15) is 5.82 Å². The summed E-state index contributed by atoms with van der Waals surface area (Å²) in [4.78, 5) is 17.6. The Labute approximate surface area is 112 Å². The molecule has 2 heterocycles. The van der Waals surface area contributed by atoms with Crippen LogP contribution in [0.3, 0.4) is 0 Å². The molecule has 0 radical (unpaired) electrons. The first-order valence-electron chi connectivity index (χ1n) is 6.28. The van der Waals surface area contributed by atoms with Crippen molar-refractivity contribution in [3.8, 4) is 0 Å². The number of amides is 1. The molecule has 1 fully saturated rings. The maximum absolute atomic E-state index is 12.2. The fourth-order valence-corrected chi connectivity index (χ4v) is 2.23. The third kappa shape index (κ3) is 3.21. The van der Waals surface area contributed by atoms with Gasteiger partial charge in [-0.2, -0.15) is 0 Å². The molecule has 1 aliphatic heterocycles. The first kappa shape index (κ1) is 13.8. The molecular weight excluding hydrogens is 246 g/mol. The molecule has 2 rings (SSSR count). The van der Waals surface area contributed by atoms with Gasteiger partial charge in [0.15, 0.2) is 0 Å². The zero-order chi connectivity index (χ0) is 13.9. The molecule has 6 nitrogen and oxygen atoms in total. The summed E-state index contributed by atoms with van der Waals surface area (Å²) in [5, 5.41) is 10.4. The molecule has 0 saturated carbocycles. The van der Waals surface area contributed by atoms with Crippen molar-refractivity contribution in [3.05, 3.63) is 23.9 Å². The van der Waals surface area contributed by atoms with E-state index >= 15 is 0 Å². The Balaban J connectivity index is 2.05. The lowest BCUT2D eigenvalue weighted by Gasteiger charge is -2.35. The van der Waals surface area contributed by atoms with Crippen molar-refractivity contribution in [2.75, 3.05) is 32.5 Å². The fourth-order valence-electron chi connectivity index (χ4n) is 2.23. The van der Waals surface area contributed by atoms with E-state index in [1.165, 1.54) is 11.1 Å². The van der Waals surface area contributed by atoms with Crippen LogP contribution in [0.4, 0.5) is 5.82 Å². The highest BCUT2D eigenvalue weighted by atomic mass is 16.5. The van der Waals surface area contributed by atoms with Crippen LogP contribution in [0, 0.1) is 0 Å². The van der Waals surface area contributed by atoms with Crippen molar-refractivity contribution < 1.29 is 14.6 Å². The largest absolute Gasteiger partial charge is 0.388 e. The predicted molar refractivity (Wildman–Crippen MR) is 70.6 cm³/mol. The SMILES string of the molecule is CN(CC1(O)CCOCC1)C(=O)c1cccnc1N. The van der Waals surface area contributed by atoms with Crippen LogP contribution in [0.2, 0.25) is 0 Å². The van der Waals surface area contributed by atoms with E-state index in [9.17, 15) is 9.90 Å². The van der Waals surface area contributed by atoms with Crippen molar-refractivity contribution in [3.63, 3.8) is 0 Å². The lowest BCUT2D eigenvalue weighted by atomic mass is 9.94. The Morgan fingerprint density at radius 1 is 1.58 bits per heavy atom. The van der Waals surface area contributed by atoms with Crippen molar-refractivity contribution in [2.45, 2.75) is 18.4 Å². The number of aromatic nitrogens is 1. The number of hydrogen-bond acceptors (Lipinski definition) is 5. The Morgan fingerprint density at radius 3 is 2.89 bits per heavy atom. The Morgan fingerprint density at radius 2 is 2.26 bits per heavy atom. The third-order valence-electron chi connectivity index (χ3n) is 3.37. The molecule has 0 bridgehead atoms. The number of aliphatic hydroxyl groups is 1. The monoisotopic (exact) mass is 265 g/mol. The van der Waals surface area contributed by atoms with E-state index < -0.39 is 5.60 Å². The van der Waals surface area contributed by atoms with Gasteiger partial charge in [-0.25, -0.2) is 4.98 Å². The summed E-state index contributed by atoms with van der Waals surface area (Å²) < 4.78 is 5.22. The van der Waals surface area contributed by atoms with Crippen LogP contribution in [0.5, 0.6) is 0 Å². The van der Waals surface area contributed by atoms with Gasteiger partial charge in [-0.15, -0.1) is 0 Å². The standard InChI is InChI=1S/C13H19N3O3/c1-16(9-13(18)4-7-19-8-5-13)12(17)10-3-2-6-15-11(10)14/h2-3,6,18H,4-5,7-9H2,1H3,(H2,14,15). The first-order chi connectivity index (χ1) is 9.02. The number of pyridine rings is 1. The lowest BCUT2D eigenvalue weighted by Crippen LogP contribution is -2.47. The summed E-state index contributed by atoms with van der Waals surface area (Å²) in [5.74, 6) is -0.0242. The summed E-state index contributed by atoms with van der Waals surface area (Å²) >= 11 is 0. The summed E-state index contributed by atoms with van der Waals surface area (Å²) in [6.07, 6.45) is 2.61. The van der Waals surface area contributed by atoms with Crippen LogP contribution in [0.25, 0.3) is 0 Å². The van der Waals surface area contributed by atoms with Gasteiger partial charge in [0.2, 0.25) is 0 Å². The highest BCUT2D eigenvalue weighted by molar-refractivity contribution is 5.98. The molecule has 1 aromatic rings. The van der Waals surface area contributed by atoms with Crippen LogP contribution >= 0.6 is 0 Å².